The zero-order valence-corrected chi connectivity index (χ0v) is 23.2. The van der Waals surface area contributed by atoms with Crippen molar-refractivity contribution >= 4 is 17.4 Å². The molecule has 0 radical (unpaired) electrons. The number of hydrogen-bond donors (Lipinski definition) is 1. The molecule has 2 aromatic carbocycles. The molecule has 0 saturated carbocycles. The van der Waals surface area contributed by atoms with Gasteiger partial charge in [0.1, 0.15) is 17.6 Å². The highest BCUT2D eigenvalue weighted by Gasteiger charge is 2.46. The zero-order valence-electron chi connectivity index (χ0n) is 23.2. The van der Waals surface area contributed by atoms with Crippen LogP contribution in [0.5, 0.6) is 17.2 Å². The first-order valence-electron chi connectivity index (χ1n) is 13.5. The van der Waals surface area contributed by atoms with Gasteiger partial charge in [-0.25, -0.2) is 0 Å². The molecule has 1 saturated heterocycles. The Balaban J connectivity index is 1.59. The van der Waals surface area contributed by atoms with E-state index in [0.29, 0.717) is 41.6 Å². The van der Waals surface area contributed by atoms with Crippen LogP contribution in [-0.2, 0) is 22.6 Å². The minimum absolute atomic E-state index is 0.0244. The van der Waals surface area contributed by atoms with Crippen molar-refractivity contribution in [2.24, 2.45) is 5.92 Å². The number of ketones is 1. The second kappa shape index (κ2) is 11.4. The number of nitrogens with zero attached hydrogens (tertiary/aromatic N) is 2. The number of amides is 1. The summed E-state index contributed by atoms with van der Waals surface area (Å²) >= 11 is 0. The molecule has 0 bridgehead atoms. The number of pyridine rings is 1. The first kappa shape index (κ1) is 27.2. The summed E-state index contributed by atoms with van der Waals surface area (Å²) in [5, 5.41) is 11.5. The van der Waals surface area contributed by atoms with Crippen LogP contribution < -0.4 is 14.2 Å². The molecule has 0 spiro atoms. The number of hydrogen-bond acceptors (Lipinski definition) is 7. The van der Waals surface area contributed by atoms with Crippen LogP contribution in [0.25, 0.3) is 5.76 Å². The molecule has 8 nitrogen and oxygen atoms in total. The zero-order chi connectivity index (χ0) is 28.4. The van der Waals surface area contributed by atoms with Gasteiger partial charge in [0.25, 0.3) is 11.7 Å². The van der Waals surface area contributed by atoms with E-state index in [1.165, 1.54) is 4.90 Å². The highest BCUT2D eigenvalue weighted by Crippen LogP contribution is 2.43. The molecular formula is C32H34N2O6. The van der Waals surface area contributed by atoms with E-state index in [9.17, 15) is 14.7 Å². The average Bonchev–Trinajstić information content (AvgIpc) is 3.44. The van der Waals surface area contributed by atoms with Gasteiger partial charge >= 0.3 is 0 Å². The molecule has 1 aromatic heterocycles. The van der Waals surface area contributed by atoms with Crippen LogP contribution in [0.4, 0.5) is 0 Å². The summed E-state index contributed by atoms with van der Waals surface area (Å²) in [6.07, 6.45) is 4.93. The van der Waals surface area contributed by atoms with Gasteiger partial charge in [-0.15, -0.1) is 0 Å². The normalized spacial score (nSPS) is 19.6. The van der Waals surface area contributed by atoms with Crippen molar-refractivity contribution in [3.05, 3.63) is 88.8 Å². The van der Waals surface area contributed by atoms with E-state index in [0.717, 1.165) is 23.3 Å². The Kier molecular flexibility index (Phi) is 7.78. The molecule has 3 heterocycles. The molecule has 1 fully saturated rings. The Labute approximate surface area is 234 Å². The van der Waals surface area contributed by atoms with E-state index >= 15 is 0 Å². The molecule has 3 aromatic rings. The molecule has 2 unspecified atom stereocenters. The van der Waals surface area contributed by atoms with Crippen molar-refractivity contribution in [3.8, 4) is 17.2 Å². The summed E-state index contributed by atoms with van der Waals surface area (Å²) in [6, 6.07) is 13.5. The molecule has 1 N–H and O–H groups in total. The fourth-order valence-corrected chi connectivity index (χ4v) is 5.18. The van der Waals surface area contributed by atoms with Crippen LogP contribution in [0.15, 0.2) is 66.5 Å². The number of ether oxygens (including phenoxy) is 3. The number of aliphatic hydroxyl groups excluding tert-OH is 1. The van der Waals surface area contributed by atoms with Crippen molar-refractivity contribution in [2.75, 3.05) is 13.7 Å². The smallest absolute Gasteiger partial charge is 0.295 e. The predicted octanol–water partition coefficient (Wildman–Crippen LogP) is 5.46. The average molecular weight is 543 g/mol. The van der Waals surface area contributed by atoms with Gasteiger partial charge in [0.2, 0.25) is 0 Å². The Bertz CT molecular complexity index is 1450. The van der Waals surface area contributed by atoms with Gasteiger partial charge in [-0.3, -0.25) is 14.6 Å². The molecule has 208 valence electrons. The molecule has 0 aliphatic carbocycles. The van der Waals surface area contributed by atoms with Crippen LogP contribution in [-0.4, -0.2) is 46.5 Å². The lowest BCUT2D eigenvalue weighted by Gasteiger charge is -2.26. The Morgan fingerprint density at radius 3 is 2.70 bits per heavy atom. The second-order valence-corrected chi connectivity index (χ2v) is 10.7. The summed E-state index contributed by atoms with van der Waals surface area (Å²) in [5.41, 5.74) is 2.81. The van der Waals surface area contributed by atoms with Crippen LogP contribution in [0.2, 0.25) is 0 Å². The van der Waals surface area contributed by atoms with Gasteiger partial charge in [0, 0.05) is 30.9 Å². The van der Waals surface area contributed by atoms with Gasteiger partial charge in [0.15, 0.2) is 11.5 Å². The standard InChI is InChI=1S/C32H34N2O6/c1-19(2)11-13-39-26-10-7-22(16-27(26)38-4)29-28(30(35)23-8-9-25-24(15-23)14-20(3)40-25)31(36)32(37)34(29)18-21-6-5-12-33-17-21/h5-10,12,15-17,19-20,29,35H,11,13-14,18H2,1-4H3/b30-28+. The third kappa shape index (κ3) is 5.39. The fourth-order valence-electron chi connectivity index (χ4n) is 5.18. The lowest BCUT2D eigenvalue weighted by Crippen LogP contribution is -2.29. The maximum absolute atomic E-state index is 13.5. The number of benzene rings is 2. The van der Waals surface area contributed by atoms with Gasteiger partial charge in [-0.1, -0.05) is 26.0 Å². The Morgan fingerprint density at radius 2 is 1.98 bits per heavy atom. The summed E-state index contributed by atoms with van der Waals surface area (Å²) < 4.78 is 17.4. The maximum Gasteiger partial charge on any atom is 0.295 e. The first-order chi connectivity index (χ1) is 19.3. The SMILES string of the molecule is COc1cc(C2/C(=C(\O)c3ccc4c(c3)CC(C)O4)C(=O)C(=O)N2Cc2cccnc2)ccc1OCCC(C)C. The number of methoxy groups -OCH3 is 1. The molecule has 2 aliphatic heterocycles. The molecule has 1 amide bonds. The Morgan fingerprint density at radius 1 is 1.15 bits per heavy atom. The monoisotopic (exact) mass is 542 g/mol. The van der Waals surface area contributed by atoms with E-state index in [4.69, 9.17) is 14.2 Å². The quantitative estimate of drug-likeness (QED) is 0.218. The van der Waals surface area contributed by atoms with E-state index in [1.54, 1.807) is 49.8 Å². The topological polar surface area (TPSA) is 98.2 Å². The van der Waals surface area contributed by atoms with Crippen molar-refractivity contribution in [2.45, 2.75) is 52.3 Å². The summed E-state index contributed by atoms with van der Waals surface area (Å²) in [6.45, 7) is 6.91. The van der Waals surface area contributed by atoms with Gasteiger partial charge in [-0.2, -0.15) is 0 Å². The third-order valence-electron chi connectivity index (χ3n) is 7.24. The number of fused-ring (bicyclic) bond motifs is 1. The summed E-state index contributed by atoms with van der Waals surface area (Å²) in [5.74, 6) is 0.649. The summed E-state index contributed by atoms with van der Waals surface area (Å²) in [4.78, 5) is 32.6. The van der Waals surface area contributed by atoms with E-state index in [-0.39, 0.29) is 24.0 Å². The van der Waals surface area contributed by atoms with Crippen molar-refractivity contribution in [3.63, 3.8) is 0 Å². The molecule has 2 aliphatic rings. The van der Waals surface area contributed by atoms with Gasteiger partial charge < -0.3 is 24.2 Å². The minimum atomic E-state index is -0.845. The summed E-state index contributed by atoms with van der Waals surface area (Å²) in [7, 11) is 1.55. The second-order valence-electron chi connectivity index (χ2n) is 10.7. The predicted molar refractivity (Wildman–Crippen MR) is 150 cm³/mol. The van der Waals surface area contributed by atoms with E-state index in [2.05, 4.69) is 18.8 Å². The van der Waals surface area contributed by atoms with Crippen molar-refractivity contribution in [1.82, 2.24) is 9.88 Å². The van der Waals surface area contributed by atoms with Crippen molar-refractivity contribution in [1.29, 1.82) is 0 Å². The number of likely N-dealkylation sites (tertiary alicyclic amines) is 1. The highest BCUT2D eigenvalue weighted by atomic mass is 16.5. The number of carbonyl (C=O) groups excluding carboxylic acids is 2. The molecular weight excluding hydrogens is 508 g/mol. The van der Waals surface area contributed by atoms with Gasteiger partial charge in [-0.05, 0) is 72.4 Å². The molecule has 5 rings (SSSR count). The molecule has 2 atom stereocenters. The maximum atomic E-state index is 13.5. The van der Waals surface area contributed by atoms with Crippen molar-refractivity contribution < 1.29 is 28.9 Å². The lowest BCUT2D eigenvalue weighted by atomic mass is 9.94. The number of Topliss-reactive ketones (excluding diaryl/α,β-unsaturated/α-hetero) is 1. The van der Waals surface area contributed by atoms with Gasteiger partial charge in [0.05, 0.1) is 25.3 Å². The number of carbonyl (C=O) groups is 2. The van der Waals surface area contributed by atoms with Crippen LogP contribution in [0, 0.1) is 5.92 Å². The fraction of sp³-hybridized carbons (Fsp3) is 0.344. The Hall–Kier alpha value is -4.33. The molecule has 8 heteroatoms. The van der Waals surface area contributed by atoms with E-state index in [1.807, 2.05) is 25.1 Å². The molecule has 40 heavy (non-hydrogen) atoms. The van der Waals surface area contributed by atoms with Crippen LogP contribution >= 0.6 is 0 Å². The third-order valence-corrected chi connectivity index (χ3v) is 7.24. The first-order valence-corrected chi connectivity index (χ1v) is 13.5. The highest BCUT2D eigenvalue weighted by molar-refractivity contribution is 6.46. The lowest BCUT2D eigenvalue weighted by molar-refractivity contribution is -0.140. The largest absolute Gasteiger partial charge is 0.507 e. The number of rotatable bonds is 9. The van der Waals surface area contributed by atoms with E-state index < -0.39 is 17.7 Å². The number of aromatic nitrogens is 1. The minimum Gasteiger partial charge on any atom is -0.507 e. The van der Waals surface area contributed by atoms with Crippen LogP contribution in [0.3, 0.4) is 0 Å². The number of aliphatic hydroxyl groups is 1. The van der Waals surface area contributed by atoms with Crippen LogP contribution in [0.1, 0.15) is 55.5 Å².